The van der Waals surface area contributed by atoms with E-state index in [0.717, 1.165) is 11.1 Å². The van der Waals surface area contributed by atoms with Crippen molar-refractivity contribution in [3.8, 4) is 22.5 Å². The molecule has 8 heteroatoms. The highest BCUT2D eigenvalue weighted by molar-refractivity contribution is 6.33. The van der Waals surface area contributed by atoms with Gasteiger partial charge >= 0.3 is 0 Å². The molecule has 29 heavy (non-hydrogen) atoms. The van der Waals surface area contributed by atoms with Gasteiger partial charge in [0.15, 0.2) is 11.6 Å². The van der Waals surface area contributed by atoms with Crippen LogP contribution in [-0.4, -0.2) is 32.6 Å². The molecule has 0 aliphatic carbocycles. The van der Waals surface area contributed by atoms with Gasteiger partial charge in [-0.25, -0.2) is 9.50 Å². The summed E-state index contributed by atoms with van der Waals surface area (Å²) in [5.74, 6) is 0.398. The number of halogens is 1. The highest BCUT2D eigenvalue weighted by atomic mass is 35.5. The number of amides is 1. The van der Waals surface area contributed by atoms with Gasteiger partial charge in [0.05, 0.1) is 12.1 Å². The molecule has 0 spiro atoms. The van der Waals surface area contributed by atoms with Gasteiger partial charge in [-0.2, -0.15) is 4.98 Å². The first-order valence-electron chi connectivity index (χ1n) is 8.67. The molecule has 0 saturated heterocycles. The molecule has 7 nitrogen and oxygen atoms in total. The van der Waals surface area contributed by atoms with Crippen molar-refractivity contribution in [2.24, 2.45) is 0 Å². The summed E-state index contributed by atoms with van der Waals surface area (Å²) in [6.07, 6.45) is 3.61. The summed E-state index contributed by atoms with van der Waals surface area (Å²) >= 11 is 6.35. The molecule has 0 atom stereocenters. The largest absolute Gasteiger partial charge is 0.492 e. The first kappa shape index (κ1) is 18.6. The molecule has 0 aliphatic heterocycles. The van der Waals surface area contributed by atoms with Gasteiger partial charge in [-0.3, -0.25) is 4.79 Å². The molecule has 4 rings (SSSR count). The average molecular weight is 406 g/mol. The molecule has 144 valence electrons. The highest BCUT2D eigenvalue weighted by Crippen LogP contribution is 2.29. The Bertz CT molecular complexity index is 1220. The van der Waals surface area contributed by atoms with E-state index in [4.69, 9.17) is 16.3 Å². The number of carbonyl (C=O) groups is 1. The van der Waals surface area contributed by atoms with Crippen LogP contribution in [-0.2, 0) is 9.53 Å². The van der Waals surface area contributed by atoms with Crippen LogP contribution in [0, 0.1) is 0 Å². The van der Waals surface area contributed by atoms with Crippen LogP contribution in [0.2, 0.25) is 5.02 Å². The minimum atomic E-state index is -0.446. The predicted octanol–water partition coefficient (Wildman–Crippen LogP) is 4.21. The number of nitrogens with one attached hydrogen (secondary N) is 1. The van der Waals surface area contributed by atoms with E-state index in [0.29, 0.717) is 27.9 Å². The Kier molecular flexibility index (Phi) is 4.97. The quantitative estimate of drug-likeness (QED) is 0.397. The number of methoxy groups -OCH3 is 1. The second-order valence-electron chi connectivity index (χ2n) is 6.16. The molecule has 0 aliphatic rings. The maximum atomic E-state index is 12.0. The van der Waals surface area contributed by atoms with Crippen LogP contribution >= 0.6 is 11.6 Å². The molecule has 0 radical (unpaired) electrons. The number of hydrogen-bond donors (Lipinski definition) is 1. The third kappa shape index (κ3) is 3.81. The zero-order chi connectivity index (χ0) is 20.4. The van der Waals surface area contributed by atoms with Gasteiger partial charge in [0, 0.05) is 29.2 Å². The van der Waals surface area contributed by atoms with Crippen molar-refractivity contribution in [1.82, 2.24) is 19.6 Å². The summed E-state index contributed by atoms with van der Waals surface area (Å²) in [5, 5.41) is 7.65. The Morgan fingerprint density at radius 1 is 1.17 bits per heavy atom. The Morgan fingerprint density at radius 3 is 2.72 bits per heavy atom. The number of hydrogen-bond acceptors (Lipinski definition) is 5. The standard InChI is InChI=1S/C21H16ClN5O2/c1-13(29-2)20(28)24-16-8-9-18(22)17(10-16)19-25-21-23-11-15(12-27(21)26-19)14-6-4-3-5-7-14/h3-12H,1H2,2H3,(H,24,28). The highest BCUT2D eigenvalue weighted by Gasteiger charge is 2.14. The molecule has 1 amide bonds. The van der Waals surface area contributed by atoms with E-state index in [9.17, 15) is 4.79 Å². The summed E-state index contributed by atoms with van der Waals surface area (Å²) in [6, 6.07) is 14.9. The van der Waals surface area contributed by atoms with Gasteiger partial charge in [-0.05, 0) is 23.8 Å². The summed E-state index contributed by atoms with van der Waals surface area (Å²) in [5.41, 5.74) is 3.03. The Hall–Kier alpha value is -3.71. The van der Waals surface area contributed by atoms with Crippen LogP contribution in [0.4, 0.5) is 5.69 Å². The molecule has 2 aromatic heterocycles. The van der Waals surface area contributed by atoms with Crippen molar-refractivity contribution >= 4 is 29.0 Å². The molecule has 2 heterocycles. The van der Waals surface area contributed by atoms with Crippen LogP contribution in [0.5, 0.6) is 0 Å². The summed E-state index contributed by atoms with van der Waals surface area (Å²) in [7, 11) is 1.38. The topological polar surface area (TPSA) is 81.4 Å². The van der Waals surface area contributed by atoms with Gasteiger partial charge in [0.1, 0.15) is 0 Å². The molecule has 0 saturated carbocycles. The Balaban J connectivity index is 1.70. The number of nitrogens with zero attached hydrogens (tertiary/aromatic N) is 4. The van der Waals surface area contributed by atoms with Crippen LogP contribution in [0.1, 0.15) is 0 Å². The Labute approximate surface area is 171 Å². The number of fused-ring (bicyclic) bond motifs is 1. The zero-order valence-electron chi connectivity index (χ0n) is 15.5. The number of benzene rings is 2. The van der Waals surface area contributed by atoms with E-state index in [1.165, 1.54) is 7.11 Å². The summed E-state index contributed by atoms with van der Waals surface area (Å²) in [6.45, 7) is 3.53. The SMILES string of the molecule is C=C(OC)C(=O)Nc1ccc(Cl)c(-c2nc3ncc(-c4ccccc4)cn3n2)c1. The molecule has 0 bridgehead atoms. The summed E-state index contributed by atoms with van der Waals surface area (Å²) in [4.78, 5) is 20.8. The molecular weight excluding hydrogens is 390 g/mol. The van der Waals surface area contributed by atoms with Gasteiger partial charge in [-0.1, -0.05) is 48.5 Å². The monoisotopic (exact) mass is 405 g/mol. The van der Waals surface area contributed by atoms with E-state index < -0.39 is 5.91 Å². The molecule has 4 aromatic rings. The minimum absolute atomic E-state index is 0.00463. The van der Waals surface area contributed by atoms with Gasteiger partial charge in [0.2, 0.25) is 0 Å². The van der Waals surface area contributed by atoms with E-state index in [-0.39, 0.29) is 5.76 Å². The molecule has 2 aromatic carbocycles. The maximum absolute atomic E-state index is 12.0. The van der Waals surface area contributed by atoms with Crippen molar-refractivity contribution < 1.29 is 9.53 Å². The maximum Gasteiger partial charge on any atom is 0.290 e. The second kappa shape index (κ2) is 7.73. The Morgan fingerprint density at radius 2 is 1.97 bits per heavy atom. The predicted molar refractivity (Wildman–Crippen MR) is 111 cm³/mol. The zero-order valence-corrected chi connectivity index (χ0v) is 16.2. The van der Waals surface area contributed by atoms with Crippen LogP contribution in [0.15, 0.2) is 73.3 Å². The van der Waals surface area contributed by atoms with Gasteiger partial charge in [-0.15, -0.1) is 5.10 Å². The number of rotatable bonds is 5. The van der Waals surface area contributed by atoms with E-state index >= 15 is 0 Å². The van der Waals surface area contributed by atoms with E-state index in [2.05, 4.69) is 27.0 Å². The first-order valence-corrected chi connectivity index (χ1v) is 9.05. The minimum Gasteiger partial charge on any atom is -0.492 e. The molecule has 0 unspecified atom stereocenters. The summed E-state index contributed by atoms with van der Waals surface area (Å²) < 4.78 is 6.44. The van der Waals surface area contributed by atoms with E-state index in [1.807, 2.05) is 36.5 Å². The van der Waals surface area contributed by atoms with Crippen molar-refractivity contribution in [3.63, 3.8) is 0 Å². The fraction of sp³-hybridized carbons (Fsp3) is 0.0476. The lowest BCUT2D eigenvalue weighted by atomic mass is 10.1. The van der Waals surface area contributed by atoms with Crippen molar-refractivity contribution in [2.45, 2.75) is 0 Å². The average Bonchev–Trinajstić information content (AvgIpc) is 3.18. The second-order valence-corrected chi connectivity index (χ2v) is 6.57. The number of ether oxygens (including phenoxy) is 1. The lowest BCUT2D eigenvalue weighted by Crippen LogP contribution is -2.14. The van der Waals surface area contributed by atoms with Crippen LogP contribution in [0.25, 0.3) is 28.3 Å². The van der Waals surface area contributed by atoms with Crippen molar-refractivity contribution in [2.75, 3.05) is 12.4 Å². The third-order valence-corrected chi connectivity index (χ3v) is 4.60. The lowest BCUT2D eigenvalue weighted by Gasteiger charge is -2.08. The van der Waals surface area contributed by atoms with Crippen LogP contribution < -0.4 is 5.32 Å². The van der Waals surface area contributed by atoms with Gasteiger partial charge in [0.25, 0.3) is 11.7 Å². The third-order valence-electron chi connectivity index (χ3n) is 4.27. The number of anilines is 1. The van der Waals surface area contributed by atoms with Gasteiger partial charge < -0.3 is 10.1 Å². The lowest BCUT2D eigenvalue weighted by molar-refractivity contribution is -0.115. The van der Waals surface area contributed by atoms with Crippen LogP contribution in [0.3, 0.4) is 0 Å². The fourth-order valence-electron chi connectivity index (χ4n) is 2.74. The molecular formula is C21H16ClN5O2. The molecule has 0 fully saturated rings. The number of carbonyl (C=O) groups excluding carboxylic acids is 1. The number of aromatic nitrogens is 4. The fourth-order valence-corrected chi connectivity index (χ4v) is 2.95. The normalized spacial score (nSPS) is 10.7. The van der Waals surface area contributed by atoms with E-state index in [1.54, 1.807) is 28.9 Å². The van der Waals surface area contributed by atoms with Crippen molar-refractivity contribution in [3.05, 3.63) is 78.3 Å². The first-order chi connectivity index (χ1) is 14.0. The molecule has 1 N–H and O–H groups in total. The van der Waals surface area contributed by atoms with Crippen molar-refractivity contribution in [1.29, 1.82) is 0 Å². The smallest absolute Gasteiger partial charge is 0.290 e.